The second kappa shape index (κ2) is 9.21. The van der Waals surface area contributed by atoms with Gasteiger partial charge in [0, 0.05) is 24.7 Å². The van der Waals surface area contributed by atoms with E-state index in [0.29, 0.717) is 30.2 Å². The van der Waals surface area contributed by atoms with Gasteiger partial charge in [-0.3, -0.25) is 4.79 Å². The van der Waals surface area contributed by atoms with Crippen LogP contribution in [0.5, 0.6) is 0 Å². The third-order valence-corrected chi connectivity index (χ3v) is 7.94. The lowest BCUT2D eigenvalue weighted by molar-refractivity contribution is 0.102. The summed E-state index contributed by atoms with van der Waals surface area (Å²) in [6, 6.07) is 14.7. The van der Waals surface area contributed by atoms with Crippen molar-refractivity contribution in [2.75, 3.05) is 18.4 Å². The molecule has 1 N–H and O–H groups in total. The molecule has 2 aromatic carbocycles. The van der Waals surface area contributed by atoms with E-state index < -0.39 is 21.7 Å². The van der Waals surface area contributed by atoms with Crippen molar-refractivity contribution < 1.29 is 17.6 Å². The Labute approximate surface area is 184 Å². The van der Waals surface area contributed by atoms with E-state index in [1.165, 1.54) is 22.5 Å². The highest BCUT2D eigenvalue weighted by atomic mass is 32.2. The van der Waals surface area contributed by atoms with Crippen LogP contribution in [-0.4, -0.2) is 41.9 Å². The number of nitrogens with zero attached hydrogens (tertiary/aromatic N) is 3. The molecule has 3 aromatic rings. The SMILES string of the molecule is O=C(Nc1cccc(F)c1)c1nnc([C@@H]2CCCN(S(=O)(=O)Cc3ccccc3)C2)s1. The van der Waals surface area contributed by atoms with Gasteiger partial charge in [-0.2, -0.15) is 0 Å². The summed E-state index contributed by atoms with van der Waals surface area (Å²) in [5.41, 5.74) is 1.08. The Morgan fingerprint density at radius 2 is 1.97 bits per heavy atom. The molecule has 1 aromatic heterocycles. The van der Waals surface area contributed by atoms with Gasteiger partial charge in [0.1, 0.15) is 10.8 Å². The summed E-state index contributed by atoms with van der Waals surface area (Å²) in [6.07, 6.45) is 1.49. The fraction of sp³-hybridized carbons (Fsp3) is 0.286. The predicted molar refractivity (Wildman–Crippen MR) is 117 cm³/mol. The van der Waals surface area contributed by atoms with Crippen molar-refractivity contribution in [1.82, 2.24) is 14.5 Å². The molecule has 1 aliphatic heterocycles. The van der Waals surface area contributed by atoms with Crippen molar-refractivity contribution in [3.05, 3.63) is 76.0 Å². The van der Waals surface area contributed by atoms with E-state index in [1.54, 1.807) is 18.2 Å². The monoisotopic (exact) mass is 460 g/mol. The van der Waals surface area contributed by atoms with E-state index in [9.17, 15) is 17.6 Å². The van der Waals surface area contributed by atoms with Gasteiger partial charge in [-0.25, -0.2) is 17.1 Å². The van der Waals surface area contributed by atoms with Gasteiger partial charge in [-0.1, -0.05) is 47.7 Å². The van der Waals surface area contributed by atoms with Crippen molar-refractivity contribution in [3.63, 3.8) is 0 Å². The Morgan fingerprint density at radius 3 is 2.74 bits per heavy atom. The van der Waals surface area contributed by atoms with Crippen LogP contribution in [0.1, 0.15) is 39.1 Å². The van der Waals surface area contributed by atoms with Crippen LogP contribution in [0.3, 0.4) is 0 Å². The summed E-state index contributed by atoms with van der Waals surface area (Å²) in [5, 5.41) is 11.5. The van der Waals surface area contributed by atoms with Crippen molar-refractivity contribution in [1.29, 1.82) is 0 Å². The van der Waals surface area contributed by atoms with Crippen molar-refractivity contribution >= 4 is 33.0 Å². The molecule has 0 aliphatic carbocycles. The zero-order valence-electron chi connectivity index (χ0n) is 16.6. The first kappa shape index (κ1) is 21.5. The highest BCUT2D eigenvalue weighted by molar-refractivity contribution is 7.88. The first-order valence-electron chi connectivity index (χ1n) is 9.83. The van der Waals surface area contributed by atoms with Crippen LogP contribution in [0.4, 0.5) is 10.1 Å². The molecule has 0 bridgehead atoms. The number of sulfonamides is 1. The van der Waals surface area contributed by atoms with E-state index in [0.717, 1.165) is 23.3 Å². The predicted octanol–water partition coefficient (Wildman–Crippen LogP) is 3.64. The summed E-state index contributed by atoms with van der Waals surface area (Å²) in [7, 11) is -3.46. The Bertz CT molecular complexity index is 1170. The molecule has 7 nitrogen and oxygen atoms in total. The number of aromatic nitrogens is 2. The second-order valence-corrected chi connectivity index (χ2v) is 10.3. The molecule has 0 unspecified atom stereocenters. The van der Waals surface area contributed by atoms with Crippen molar-refractivity contribution in [3.8, 4) is 0 Å². The van der Waals surface area contributed by atoms with E-state index in [1.807, 2.05) is 18.2 Å². The van der Waals surface area contributed by atoms with Crippen LogP contribution in [-0.2, 0) is 15.8 Å². The number of rotatable bonds is 6. The van der Waals surface area contributed by atoms with Gasteiger partial charge < -0.3 is 5.32 Å². The van der Waals surface area contributed by atoms with Gasteiger partial charge >= 0.3 is 0 Å². The van der Waals surface area contributed by atoms with Crippen LogP contribution in [0.2, 0.25) is 0 Å². The summed E-state index contributed by atoms with van der Waals surface area (Å²) in [4.78, 5) is 12.4. The number of hydrogen-bond acceptors (Lipinski definition) is 6. The van der Waals surface area contributed by atoms with E-state index in [2.05, 4.69) is 15.5 Å². The number of amides is 1. The number of carbonyl (C=O) groups excluding carboxylic acids is 1. The smallest absolute Gasteiger partial charge is 0.286 e. The Kier molecular flexibility index (Phi) is 6.40. The minimum Gasteiger partial charge on any atom is -0.320 e. The van der Waals surface area contributed by atoms with Gasteiger partial charge in [-0.15, -0.1) is 10.2 Å². The summed E-state index contributed by atoms with van der Waals surface area (Å²) in [5.74, 6) is -1.08. The third kappa shape index (κ3) is 5.33. The minimum atomic E-state index is -3.46. The second-order valence-electron chi connectivity index (χ2n) is 7.35. The van der Waals surface area contributed by atoms with Gasteiger partial charge in [0.2, 0.25) is 15.0 Å². The first-order chi connectivity index (χ1) is 14.9. The van der Waals surface area contributed by atoms with Crippen LogP contribution >= 0.6 is 11.3 Å². The van der Waals surface area contributed by atoms with E-state index in [-0.39, 0.29) is 16.7 Å². The molecule has 2 heterocycles. The molecule has 1 atom stereocenters. The van der Waals surface area contributed by atoms with Crippen LogP contribution in [0.15, 0.2) is 54.6 Å². The van der Waals surface area contributed by atoms with E-state index >= 15 is 0 Å². The molecule has 1 fully saturated rings. The normalized spacial score (nSPS) is 17.4. The molecule has 0 radical (unpaired) electrons. The molecule has 1 amide bonds. The molecule has 162 valence electrons. The lowest BCUT2D eigenvalue weighted by Crippen LogP contribution is -2.39. The topological polar surface area (TPSA) is 92.3 Å². The highest BCUT2D eigenvalue weighted by Crippen LogP contribution is 2.31. The Hall–Kier alpha value is -2.69. The molecular formula is C21H21FN4O3S2. The molecule has 4 rings (SSSR count). The van der Waals surface area contributed by atoms with Crippen molar-refractivity contribution in [2.24, 2.45) is 0 Å². The van der Waals surface area contributed by atoms with Crippen LogP contribution in [0, 0.1) is 5.82 Å². The number of piperidine rings is 1. The Morgan fingerprint density at radius 1 is 1.16 bits per heavy atom. The number of nitrogens with one attached hydrogen (secondary N) is 1. The molecule has 1 aliphatic rings. The fourth-order valence-electron chi connectivity index (χ4n) is 3.51. The maximum absolute atomic E-state index is 13.3. The van der Waals surface area contributed by atoms with Gasteiger partial charge in [0.05, 0.1) is 5.75 Å². The number of hydrogen-bond donors (Lipinski definition) is 1. The standard InChI is InChI=1S/C21H21FN4O3S2/c22-17-9-4-10-18(12-17)23-19(27)21-25-24-20(30-21)16-8-5-11-26(13-16)31(28,29)14-15-6-2-1-3-7-15/h1-4,6-7,9-10,12,16H,5,8,11,13-14H2,(H,23,27)/t16-/m1/s1. The zero-order valence-corrected chi connectivity index (χ0v) is 18.2. The molecule has 31 heavy (non-hydrogen) atoms. The Balaban J connectivity index is 1.43. The van der Waals surface area contributed by atoms with E-state index in [4.69, 9.17) is 0 Å². The zero-order chi connectivity index (χ0) is 21.8. The summed E-state index contributed by atoms with van der Waals surface area (Å²) >= 11 is 1.14. The summed E-state index contributed by atoms with van der Waals surface area (Å²) in [6.45, 7) is 0.784. The number of benzene rings is 2. The number of carbonyl (C=O) groups is 1. The lowest BCUT2D eigenvalue weighted by Gasteiger charge is -2.30. The highest BCUT2D eigenvalue weighted by Gasteiger charge is 2.32. The minimum absolute atomic E-state index is 0.0437. The molecule has 0 saturated carbocycles. The van der Waals surface area contributed by atoms with Crippen molar-refractivity contribution in [2.45, 2.75) is 24.5 Å². The largest absolute Gasteiger partial charge is 0.320 e. The average Bonchev–Trinajstić information content (AvgIpc) is 3.25. The average molecular weight is 461 g/mol. The third-order valence-electron chi connectivity index (χ3n) is 5.04. The van der Waals surface area contributed by atoms with Crippen LogP contribution in [0.25, 0.3) is 0 Å². The van der Waals surface area contributed by atoms with Gasteiger partial charge in [0.25, 0.3) is 5.91 Å². The summed E-state index contributed by atoms with van der Waals surface area (Å²) < 4.78 is 40.6. The molecular weight excluding hydrogens is 439 g/mol. The maximum Gasteiger partial charge on any atom is 0.286 e. The van der Waals surface area contributed by atoms with Crippen LogP contribution < -0.4 is 5.32 Å². The lowest BCUT2D eigenvalue weighted by atomic mass is 10.0. The first-order valence-corrected chi connectivity index (χ1v) is 12.3. The molecule has 0 spiro atoms. The quantitative estimate of drug-likeness (QED) is 0.606. The van der Waals surface area contributed by atoms with Gasteiger partial charge in [-0.05, 0) is 36.6 Å². The maximum atomic E-state index is 13.3. The fourth-order valence-corrected chi connectivity index (χ4v) is 5.99. The number of anilines is 1. The molecule has 1 saturated heterocycles. The number of halogens is 1. The van der Waals surface area contributed by atoms with Gasteiger partial charge in [0.15, 0.2) is 0 Å². The molecule has 10 heteroatoms.